The minimum absolute atomic E-state index is 0.0183. The Hall–Kier alpha value is -2.90. The fraction of sp³-hybridized carbons (Fsp3) is 0.200. The number of anilines is 2. The smallest absolute Gasteiger partial charge is 0.277 e. The van der Waals surface area contributed by atoms with Crippen LogP contribution in [0.25, 0.3) is 11.3 Å². The molecule has 0 fully saturated rings. The van der Waals surface area contributed by atoms with Crippen molar-refractivity contribution in [1.29, 1.82) is 0 Å². The summed E-state index contributed by atoms with van der Waals surface area (Å²) in [6.07, 6.45) is 1.66. The predicted octanol–water partition coefficient (Wildman–Crippen LogP) is 1.79. The van der Waals surface area contributed by atoms with Crippen LogP contribution in [0.1, 0.15) is 18.1 Å². The van der Waals surface area contributed by atoms with Crippen LogP contribution in [0.4, 0.5) is 11.6 Å². The van der Waals surface area contributed by atoms with Crippen molar-refractivity contribution in [2.24, 2.45) is 5.14 Å². The van der Waals surface area contributed by atoms with Gasteiger partial charge in [0.25, 0.3) is 10.2 Å². The van der Waals surface area contributed by atoms with Crippen LogP contribution in [0.3, 0.4) is 0 Å². The van der Waals surface area contributed by atoms with E-state index in [1.807, 2.05) is 31.2 Å². The molecule has 0 atom stereocenters. The van der Waals surface area contributed by atoms with Crippen LogP contribution in [-0.4, -0.2) is 33.3 Å². The molecule has 0 radical (unpaired) electrons. The lowest BCUT2D eigenvalue weighted by atomic mass is 10.1. The highest BCUT2D eigenvalue weighted by Crippen LogP contribution is 2.24. The first kappa shape index (κ1) is 23.8. The number of nitrogens with two attached hydrogens (primary N) is 1. The first-order valence-corrected chi connectivity index (χ1v) is 12.7. The number of aromatic nitrogens is 2. The standard InChI is InChI=1S/C20H24N6O4S2/c1-3-23-32(29,30)24-13-15-7-9-16(10-8-15)19-14(2)12-22-20(26-19)25-17-5-4-6-18(11-17)31(21,27)28/h4-12,23-24H,3,13H2,1-2H3,(H2,21,27,28)(H,22,25,26). The van der Waals surface area contributed by atoms with Crippen molar-refractivity contribution in [3.8, 4) is 11.3 Å². The van der Waals surface area contributed by atoms with Crippen molar-refractivity contribution < 1.29 is 16.8 Å². The van der Waals surface area contributed by atoms with E-state index in [0.717, 1.165) is 16.7 Å². The molecule has 3 rings (SSSR count). The van der Waals surface area contributed by atoms with E-state index in [0.29, 0.717) is 23.9 Å². The van der Waals surface area contributed by atoms with Gasteiger partial charge in [-0.3, -0.25) is 0 Å². The Kier molecular flexibility index (Phi) is 7.21. The SMILES string of the molecule is CCNS(=O)(=O)NCc1ccc(-c2nc(Nc3cccc(S(N)(=O)=O)c3)ncc2C)cc1. The summed E-state index contributed by atoms with van der Waals surface area (Å²) in [6.45, 7) is 4.05. The van der Waals surface area contributed by atoms with Crippen molar-refractivity contribution in [3.63, 3.8) is 0 Å². The van der Waals surface area contributed by atoms with E-state index in [1.165, 1.54) is 12.1 Å². The van der Waals surface area contributed by atoms with Crippen molar-refractivity contribution in [3.05, 3.63) is 65.9 Å². The van der Waals surface area contributed by atoms with Gasteiger partial charge in [0.05, 0.1) is 10.6 Å². The number of sulfonamides is 1. The topological polar surface area (TPSA) is 156 Å². The zero-order valence-corrected chi connectivity index (χ0v) is 19.2. The molecule has 0 saturated carbocycles. The monoisotopic (exact) mass is 476 g/mol. The van der Waals surface area contributed by atoms with Gasteiger partial charge in [-0.1, -0.05) is 37.3 Å². The number of nitrogens with one attached hydrogen (secondary N) is 3. The maximum absolute atomic E-state index is 11.7. The van der Waals surface area contributed by atoms with Crippen LogP contribution in [0.15, 0.2) is 59.6 Å². The van der Waals surface area contributed by atoms with Crippen molar-refractivity contribution >= 4 is 31.9 Å². The average Bonchev–Trinajstić information content (AvgIpc) is 2.74. The second-order valence-corrected chi connectivity index (χ2v) is 10.1. The lowest BCUT2D eigenvalue weighted by molar-refractivity contribution is 0.568. The maximum Gasteiger partial charge on any atom is 0.277 e. The van der Waals surface area contributed by atoms with Crippen molar-refractivity contribution in [2.75, 3.05) is 11.9 Å². The summed E-state index contributed by atoms with van der Waals surface area (Å²) in [5.74, 6) is 0.291. The minimum Gasteiger partial charge on any atom is -0.324 e. The van der Waals surface area contributed by atoms with Crippen molar-refractivity contribution in [1.82, 2.24) is 19.4 Å². The molecule has 170 valence electrons. The molecule has 1 heterocycles. The second-order valence-electron chi connectivity index (χ2n) is 6.94. The molecule has 10 nitrogen and oxygen atoms in total. The van der Waals surface area contributed by atoms with Gasteiger partial charge in [-0.2, -0.15) is 13.1 Å². The number of aryl methyl sites for hydroxylation is 1. The highest BCUT2D eigenvalue weighted by Gasteiger charge is 2.11. The van der Waals surface area contributed by atoms with Crippen LogP contribution in [0, 0.1) is 6.92 Å². The first-order valence-electron chi connectivity index (χ1n) is 9.64. The lowest BCUT2D eigenvalue weighted by Crippen LogP contribution is -2.35. The Morgan fingerprint density at radius 1 is 1.00 bits per heavy atom. The summed E-state index contributed by atoms with van der Waals surface area (Å²) in [4.78, 5) is 8.78. The summed E-state index contributed by atoms with van der Waals surface area (Å²) in [7, 11) is -7.35. The lowest BCUT2D eigenvalue weighted by Gasteiger charge is -2.11. The van der Waals surface area contributed by atoms with E-state index in [9.17, 15) is 16.8 Å². The van der Waals surface area contributed by atoms with Crippen LogP contribution in [0.2, 0.25) is 0 Å². The summed E-state index contributed by atoms with van der Waals surface area (Å²) in [5, 5.41) is 8.17. The number of hydrogen-bond donors (Lipinski definition) is 4. The number of nitrogens with zero attached hydrogens (tertiary/aromatic N) is 2. The molecular weight excluding hydrogens is 452 g/mol. The third kappa shape index (κ3) is 6.31. The van der Waals surface area contributed by atoms with Gasteiger partial charge in [-0.25, -0.2) is 28.2 Å². The average molecular weight is 477 g/mol. The Morgan fingerprint density at radius 2 is 1.72 bits per heavy atom. The quantitative estimate of drug-likeness (QED) is 0.367. The Labute approximate surface area is 187 Å². The predicted molar refractivity (Wildman–Crippen MR) is 123 cm³/mol. The fourth-order valence-electron chi connectivity index (χ4n) is 2.87. The van der Waals surface area contributed by atoms with Crippen LogP contribution < -0.4 is 19.9 Å². The highest BCUT2D eigenvalue weighted by atomic mass is 32.2. The third-order valence-corrected chi connectivity index (χ3v) is 6.52. The van der Waals surface area contributed by atoms with Gasteiger partial charge in [-0.15, -0.1) is 0 Å². The Morgan fingerprint density at radius 3 is 2.38 bits per heavy atom. The molecule has 0 amide bonds. The van der Waals surface area contributed by atoms with Gasteiger partial charge >= 0.3 is 0 Å². The van der Waals surface area contributed by atoms with E-state index < -0.39 is 20.2 Å². The fourth-order valence-corrected chi connectivity index (χ4v) is 4.27. The van der Waals surface area contributed by atoms with Gasteiger partial charge in [0.2, 0.25) is 16.0 Å². The van der Waals surface area contributed by atoms with Gasteiger partial charge < -0.3 is 5.32 Å². The highest BCUT2D eigenvalue weighted by molar-refractivity contribution is 7.89. The molecule has 0 saturated heterocycles. The normalized spacial score (nSPS) is 12.0. The molecule has 32 heavy (non-hydrogen) atoms. The molecule has 1 aromatic heterocycles. The summed E-state index contributed by atoms with van der Waals surface area (Å²) >= 11 is 0. The second kappa shape index (κ2) is 9.71. The van der Waals surface area contributed by atoms with Crippen LogP contribution in [-0.2, 0) is 26.8 Å². The molecule has 0 bridgehead atoms. The first-order chi connectivity index (χ1) is 15.1. The van der Waals surface area contributed by atoms with Gasteiger partial charge in [-0.05, 0) is 36.2 Å². The molecule has 0 unspecified atom stereocenters. The zero-order valence-electron chi connectivity index (χ0n) is 17.5. The van der Waals surface area contributed by atoms with E-state index in [-0.39, 0.29) is 11.4 Å². The van der Waals surface area contributed by atoms with Gasteiger partial charge in [0.1, 0.15) is 0 Å². The molecule has 3 aromatic rings. The van der Waals surface area contributed by atoms with Crippen LogP contribution in [0.5, 0.6) is 0 Å². The van der Waals surface area contributed by atoms with Gasteiger partial charge in [0, 0.05) is 30.5 Å². The minimum atomic E-state index is -3.82. The number of hydrogen-bond acceptors (Lipinski definition) is 7. The van der Waals surface area contributed by atoms with E-state index in [2.05, 4.69) is 24.7 Å². The Balaban J connectivity index is 1.79. The third-order valence-electron chi connectivity index (χ3n) is 4.42. The largest absolute Gasteiger partial charge is 0.324 e. The summed E-state index contributed by atoms with van der Waals surface area (Å²) < 4.78 is 51.4. The van der Waals surface area contributed by atoms with E-state index in [4.69, 9.17) is 5.14 Å². The number of rotatable bonds is 9. The molecule has 5 N–H and O–H groups in total. The molecule has 0 aliphatic rings. The number of primary sulfonamides is 1. The van der Waals surface area contributed by atoms with E-state index >= 15 is 0 Å². The maximum atomic E-state index is 11.7. The van der Waals surface area contributed by atoms with Crippen LogP contribution >= 0.6 is 0 Å². The zero-order chi connectivity index (χ0) is 23.4. The van der Waals surface area contributed by atoms with E-state index in [1.54, 1.807) is 25.3 Å². The van der Waals surface area contributed by atoms with Crippen molar-refractivity contribution in [2.45, 2.75) is 25.3 Å². The molecule has 0 aliphatic heterocycles. The Bertz CT molecular complexity index is 1310. The van der Waals surface area contributed by atoms with Gasteiger partial charge in [0.15, 0.2) is 0 Å². The molecule has 12 heteroatoms. The number of benzene rings is 2. The molecule has 2 aromatic carbocycles. The summed E-state index contributed by atoms with van der Waals surface area (Å²) in [6, 6.07) is 13.4. The summed E-state index contributed by atoms with van der Waals surface area (Å²) in [5.41, 5.74) is 3.62. The molecule has 0 aliphatic carbocycles. The molecule has 0 spiro atoms. The molecular formula is C20H24N6O4S2.